The van der Waals surface area contributed by atoms with Crippen molar-refractivity contribution in [1.82, 2.24) is 0 Å². The van der Waals surface area contributed by atoms with Gasteiger partial charge in [-0.2, -0.15) is 0 Å². The maximum absolute atomic E-state index is 12.2. The summed E-state index contributed by atoms with van der Waals surface area (Å²) in [4.78, 5) is 14.4. The second kappa shape index (κ2) is 7.88. The van der Waals surface area contributed by atoms with Crippen LogP contribution in [0.2, 0.25) is 0 Å². The first-order valence-electron chi connectivity index (χ1n) is 12.6. The fraction of sp³-hybridized carbons (Fsp3) is 0.567. The Balaban J connectivity index is 1.69. The average molecular weight is 444 g/mol. The summed E-state index contributed by atoms with van der Waals surface area (Å²) < 4.78 is 0. The van der Waals surface area contributed by atoms with Crippen LogP contribution < -0.4 is 4.90 Å². The van der Waals surface area contributed by atoms with Crippen molar-refractivity contribution >= 4 is 11.5 Å². The molecule has 4 aliphatic carbocycles. The summed E-state index contributed by atoms with van der Waals surface area (Å²) in [5.41, 5.74) is 5.65. The molecule has 0 saturated heterocycles. The summed E-state index contributed by atoms with van der Waals surface area (Å²) in [5, 5.41) is 11.9. The van der Waals surface area contributed by atoms with E-state index in [1.165, 1.54) is 22.4 Å². The molecule has 33 heavy (non-hydrogen) atoms. The van der Waals surface area contributed by atoms with E-state index in [4.69, 9.17) is 0 Å². The lowest BCUT2D eigenvalue weighted by atomic mass is 9.50. The Morgan fingerprint density at radius 1 is 1.09 bits per heavy atom. The molecule has 0 aliphatic heterocycles. The van der Waals surface area contributed by atoms with Gasteiger partial charge in [-0.1, -0.05) is 37.5 Å². The molecule has 3 nitrogen and oxygen atoms in total. The van der Waals surface area contributed by atoms with E-state index in [-0.39, 0.29) is 17.1 Å². The van der Waals surface area contributed by atoms with Gasteiger partial charge in [0, 0.05) is 37.5 Å². The highest BCUT2D eigenvalue weighted by Crippen LogP contribution is 2.68. The van der Waals surface area contributed by atoms with E-state index in [0.717, 1.165) is 32.1 Å². The van der Waals surface area contributed by atoms with E-state index in [0.29, 0.717) is 24.2 Å². The highest BCUT2D eigenvalue weighted by Gasteiger charge is 2.65. The van der Waals surface area contributed by atoms with E-state index in [2.05, 4.69) is 68.9 Å². The maximum Gasteiger partial charge on any atom is 0.156 e. The molecule has 3 heteroatoms. The fourth-order valence-electron chi connectivity index (χ4n) is 7.96. The van der Waals surface area contributed by atoms with Crippen molar-refractivity contribution in [3.63, 3.8) is 0 Å². The number of carbonyl (C=O) groups is 1. The molecule has 0 radical (unpaired) electrons. The summed E-state index contributed by atoms with van der Waals surface area (Å²) in [6, 6.07) is 8.99. The lowest BCUT2D eigenvalue weighted by Gasteiger charge is -2.54. The lowest BCUT2D eigenvalue weighted by molar-refractivity contribution is -0.114. The van der Waals surface area contributed by atoms with Crippen LogP contribution in [0.3, 0.4) is 0 Å². The number of allylic oxidation sites excluding steroid dienone is 4. The predicted molar refractivity (Wildman–Crippen MR) is 134 cm³/mol. The van der Waals surface area contributed by atoms with Crippen LogP contribution in [0.25, 0.3) is 0 Å². The molecule has 0 heterocycles. The number of fused-ring (bicyclic) bond motifs is 4. The molecule has 0 amide bonds. The zero-order chi connectivity index (χ0) is 23.5. The first-order chi connectivity index (χ1) is 15.7. The van der Waals surface area contributed by atoms with E-state index in [9.17, 15) is 9.90 Å². The number of rotatable bonds is 2. The second-order valence-corrected chi connectivity index (χ2v) is 11.3. The number of benzene rings is 1. The number of carbonyl (C=O) groups excluding carboxylic acids is 1. The van der Waals surface area contributed by atoms with Gasteiger partial charge in [0.05, 0.1) is 0 Å². The van der Waals surface area contributed by atoms with Gasteiger partial charge in [0.1, 0.15) is 5.60 Å². The summed E-state index contributed by atoms with van der Waals surface area (Å²) in [6.07, 6.45) is 7.15. The van der Waals surface area contributed by atoms with Crippen LogP contribution in [0.15, 0.2) is 47.1 Å². The summed E-state index contributed by atoms with van der Waals surface area (Å²) in [6.45, 7) is 6.48. The van der Waals surface area contributed by atoms with Crippen LogP contribution in [0.4, 0.5) is 5.69 Å². The highest BCUT2D eigenvalue weighted by atomic mass is 16.3. The van der Waals surface area contributed by atoms with Gasteiger partial charge < -0.3 is 10.0 Å². The molecule has 1 N–H and O–H groups in total. The maximum atomic E-state index is 12.2. The predicted octanol–water partition coefficient (Wildman–Crippen LogP) is 5.65. The molecule has 6 atom stereocenters. The zero-order valence-electron chi connectivity index (χ0n) is 20.7. The standard InChI is InChI=1S/C30H37NO2/c1-6-15-30(33)17-19(2)28-25-13-9-21-16-23(32)12-14-24(21)27(25)26(18-29(28,30)3)20-7-10-22(11-8-20)31(4)5/h7-8,10-11,16,19,25-26,28,33H,9,12-14,17-18H2,1-5H3/t19-,25-,26?,28+,29+,30+/m1/s1. The molecule has 5 rings (SSSR count). The van der Waals surface area contributed by atoms with E-state index >= 15 is 0 Å². The van der Waals surface area contributed by atoms with Crippen molar-refractivity contribution in [1.29, 1.82) is 0 Å². The number of hydrogen-bond acceptors (Lipinski definition) is 3. The molecule has 2 fully saturated rings. The molecule has 0 spiro atoms. The first-order valence-corrected chi connectivity index (χ1v) is 12.6. The van der Waals surface area contributed by atoms with Crippen molar-refractivity contribution in [2.24, 2.45) is 23.2 Å². The second-order valence-electron chi connectivity index (χ2n) is 11.3. The molecule has 0 bridgehead atoms. The third-order valence-corrected chi connectivity index (χ3v) is 9.31. The van der Waals surface area contributed by atoms with Crippen molar-refractivity contribution in [2.45, 2.75) is 70.8 Å². The van der Waals surface area contributed by atoms with Gasteiger partial charge >= 0.3 is 0 Å². The summed E-state index contributed by atoms with van der Waals surface area (Å²) >= 11 is 0. The molecule has 4 aliphatic rings. The van der Waals surface area contributed by atoms with Gasteiger partial charge in [-0.25, -0.2) is 0 Å². The highest BCUT2D eigenvalue weighted by molar-refractivity contribution is 5.93. The van der Waals surface area contributed by atoms with E-state index < -0.39 is 5.60 Å². The Kier molecular flexibility index (Phi) is 5.37. The zero-order valence-corrected chi connectivity index (χ0v) is 20.7. The van der Waals surface area contributed by atoms with Gasteiger partial charge in [0.25, 0.3) is 0 Å². The van der Waals surface area contributed by atoms with Crippen LogP contribution >= 0.6 is 0 Å². The fourth-order valence-corrected chi connectivity index (χ4v) is 7.96. The number of aliphatic hydroxyl groups is 1. The minimum absolute atomic E-state index is 0.249. The minimum Gasteiger partial charge on any atom is -0.378 e. The van der Waals surface area contributed by atoms with Crippen molar-refractivity contribution in [3.05, 3.63) is 52.6 Å². The van der Waals surface area contributed by atoms with Crippen LogP contribution in [-0.4, -0.2) is 30.6 Å². The summed E-state index contributed by atoms with van der Waals surface area (Å²) in [7, 11) is 4.14. The van der Waals surface area contributed by atoms with Gasteiger partial charge in [-0.05, 0) is 91.7 Å². The Morgan fingerprint density at radius 2 is 1.82 bits per heavy atom. The Labute approximate surface area is 199 Å². The van der Waals surface area contributed by atoms with Crippen molar-refractivity contribution in [3.8, 4) is 11.8 Å². The van der Waals surface area contributed by atoms with Crippen LogP contribution in [0, 0.1) is 35.0 Å². The van der Waals surface area contributed by atoms with Crippen LogP contribution in [0.5, 0.6) is 0 Å². The van der Waals surface area contributed by atoms with Gasteiger partial charge in [0.15, 0.2) is 5.78 Å². The Hall–Kier alpha value is -2.31. The molecule has 2 saturated carbocycles. The lowest BCUT2D eigenvalue weighted by Crippen LogP contribution is -2.51. The molecule has 174 valence electrons. The van der Waals surface area contributed by atoms with E-state index in [1.807, 2.05) is 13.0 Å². The monoisotopic (exact) mass is 443 g/mol. The molecule has 0 aromatic heterocycles. The van der Waals surface area contributed by atoms with Gasteiger partial charge in [0.2, 0.25) is 0 Å². The minimum atomic E-state index is -0.942. The summed E-state index contributed by atoms with van der Waals surface area (Å²) in [5.74, 6) is 8.17. The number of ketones is 1. The Bertz CT molecular complexity index is 1100. The molecule has 1 aromatic carbocycles. The molecule has 1 unspecified atom stereocenters. The third-order valence-electron chi connectivity index (χ3n) is 9.31. The van der Waals surface area contributed by atoms with E-state index in [1.54, 1.807) is 5.57 Å². The average Bonchev–Trinajstić information content (AvgIpc) is 2.97. The Morgan fingerprint density at radius 3 is 2.48 bits per heavy atom. The van der Waals surface area contributed by atoms with Crippen molar-refractivity contribution in [2.75, 3.05) is 19.0 Å². The topological polar surface area (TPSA) is 40.5 Å². The molecular formula is C30H37NO2. The first kappa shape index (κ1) is 22.5. The number of hydrogen-bond donors (Lipinski definition) is 1. The SMILES string of the molecule is CC#C[C@]1(O)C[C@@H](C)[C@H]2[C@@H]3CCC4=CC(=O)CCC4=C3C(c3ccc(N(C)C)cc3)C[C@@]21C. The number of nitrogens with zero attached hydrogens (tertiary/aromatic N) is 1. The third kappa shape index (κ3) is 3.33. The van der Waals surface area contributed by atoms with Crippen LogP contribution in [0.1, 0.15) is 70.8 Å². The largest absolute Gasteiger partial charge is 0.378 e. The van der Waals surface area contributed by atoms with Crippen molar-refractivity contribution < 1.29 is 9.90 Å². The van der Waals surface area contributed by atoms with Gasteiger partial charge in [-0.3, -0.25) is 4.79 Å². The smallest absolute Gasteiger partial charge is 0.156 e. The molecule has 1 aromatic rings. The van der Waals surface area contributed by atoms with Gasteiger partial charge in [-0.15, -0.1) is 5.92 Å². The number of anilines is 1. The molecular weight excluding hydrogens is 406 g/mol. The van der Waals surface area contributed by atoms with Crippen LogP contribution in [-0.2, 0) is 4.79 Å². The normalized spacial score (nSPS) is 37.4. The quantitative estimate of drug-likeness (QED) is 0.600.